The smallest absolute Gasteiger partial charge is 0.275 e. The second-order valence-electron chi connectivity index (χ2n) is 7.50. The number of para-hydroxylation sites is 1. The molecule has 4 rings (SSSR count). The van der Waals surface area contributed by atoms with Gasteiger partial charge >= 0.3 is 0 Å². The molecule has 0 bridgehead atoms. The van der Waals surface area contributed by atoms with Crippen LogP contribution in [0.3, 0.4) is 0 Å². The number of nitrogens with zero attached hydrogens (tertiary/aromatic N) is 3. The zero-order chi connectivity index (χ0) is 23.4. The molecule has 4 aromatic rings. The molecule has 1 amide bonds. The van der Waals surface area contributed by atoms with Crippen LogP contribution in [0.4, 0.5) is 5.69 Å². The van der Waals surface area contributed by atoms with Crippen molar-refractivity contribution < 1.29 is 9.53 Å². The molecule has 170 valence electrons. The zero-order valence-corrected chi connectivity index (χ0v) is 20.3. The number of aromatic nitrogens is 3. The molecular weight excluding hydrogens is 456 g/mol. The van der Waals surface area contributed by atoms with E-state index in [1.54, 1.807) is 0 Å². The summed E-state index contributed by atoms with van der Waals surface area (Å²) in [5, 5.41) is 8.07. The number of rotatable bonds is 8. The fraction of sp³-hybridized carbons (Fsp3) is 0.250. The minimum atomic E-state index is -0.240. The number of ether oxygens (including phenoxy) is 1. The molecule has 2 aromatic heterocycles. The predicted octanol–water partition coefficient (Wildman–Crippen LogP) is 4.64. The zero-order valence-electron chi connectivity index (χ0n) is 18.6. The SMILES string of the molecule is CCc1nn2c(=O)cc(CSc3ccccc3NC(=O)COc3ccc(C)c(C)c3)nc2s1. The van der Waals surface area contributed by atoms with Crippen molar-refractivity contribution in [2.45, 2.75) is 37.8 Å². The fourth-order valence-electron chi connectivity index (χ4n) is 3.10. The number of fused-ring (bicyclic) bond motifs is 1. The van der Waals surface area contributed by atoms with E-state index >= 15 is 0 Å². The van der Waals surface area contributed by atoms with Gasteiger partial charge < -0.3 is 10.1 Å². The van der Waals surface area contributed by atoms with Gasteiger partial charge in [0.05, 0.1) is 11.4 Å². The van der Waals surface area contributed by atoms with Crippen LogP contribution in [0.2, 0.25) is 0 Å². The van der Waals surface area contributed by atoms with Crippen LogP contribution in [0.25, 0.3) is 4.96 Å². The number of carbonyl (C=O) groups excluding carboxylic acids is 1. The van der Waals surface area contributed by atoms with Gasteiger partial charge in [-0.3, -0.25) is 9.59 Å². The number of carbonyl (C=O) groups is 1. The third kappa shape index (κ3) is 5.61. The summed E-state index contributed by atoms with van der Waals surface area (Å²) in [7, 11) is 0. The topological polar surface area (TPSA) is 85.6 Å². The quantitative estimate of drug-likeness (QED) is 0.370. The molecule has 0 aliphatic heterocycles. The molecule has 0 saturated carbocycles. The highest BCUT2D eigenvalue weighted by atomic mass is 32.2. The van der Waals surface area contributed by atoms with Crippen molar-refractivity contribution in [1.29, 1.82) is 0 Å². The Morgan fingerprint density at radius 1 is 1.15 bits per heavy atom. The number of nitrogens with one attached hydrogen (secondary N) is 1. The number of amides is 1. The van der Waals surface area contributed by atoms with E-state index in [1.165, 1.54) is 39.2 Å². The summed E-state index contributed by atoms with van der Waals surface area (Å²) < 4.78 is 6.99. The number of benzene rings is 2. The molecule has 7 nitrogen and oxygen atoms in total. The highest BCUT2D eigenvalue weighted by Crippen LogP contribution is 2.29. The van der Waals surface area contributed by atoms with Gasteiger partial charge in [0, 0.05) is 16.7 Å². The van der Waals surface area contributed by atoms with Crippen LogP contribution in [-0.2, 0) is 17.0 Å². The Bertz CT molecular complexity index is 1360. The summed E-state index contributed by atoms with van der Waals surface area (Å²) in [5.41, 5.74) is 3.48. The molecule has 2 heterocycles. The molecule has 0 aliphatic carbocycles. The molecule has 0 unspecified atom stereocenters. The first kappa shape index (κ1) is 23.0. The molecule has 33 heavy (non-hydrogen) atoms. The Kier molecular flexibility index (Phi) is 7.10. The lowest BCUT2D eigenvalue weighted by molar-refractivity contribution is -0.118. The standard InChI is InChI=1S/C24H24N4O3S2/c1-4-22-27-28-23(30)12-17(25-24(28)33-22)14-32-20-8-6-5-7-19(20)26-21(29)13-31-18-10-9-15(2)16(3)11-18/h5-12H,4,13-14H2,1-3H3,(H,26,29). The lowest BCUT2D eigenvalue weighted by atomic mass is 10.1. The van der Waals surface area contributed by atoms with Gasteiger partial charge in [-0.25, -0.2) is 4.98 Å². The highest BCUT2D eigenvalue weighted by Gasteiger charge is 2.11. The second kappa shape index (κ2) is 10.2. The van der Waals surface area contributed by atoms with Crippen molar-refractivity contribution in [3.63, 3.8) is 0 Å². The summed E-state index contributed by atoms with van der Waals surface area (Å²) in [6, 6.07) is 14.8. The summed E-state index contributed by atoms with van der Waals surface area (Å²) >= 11 is 2.93. The third-order valence-corrected chi connectivity index (χ3v) is 7.19. The van der Waals surface area contributed by atoms with Crippen molar-refractivity contribution in [2.75, 3.05) is 11.9 Å². The lowest BCUT2D eigenvalue weighted by Gasteiger charge is -2.12. The molecule has 0 fully saturated rings. The second-order valence-corrected chi connectivity index (χ2v) is 9.55. The van der Waals surface area contributed by atoms with Crippen LogP contribution in [-0.4, -0.2) is 27.1 Å². The number of hydrogen-bond donors (Lipinski definition) is 1. The van der Waals surface area contributed by atoms with Gasteiger partial charge in [-0.2, -0.15) is 9.61 Å². The minimum absolute atomic E-state index is 0.0817. The Labute approximate surface area is 199 Å². The van der Waals surface area contributed by atoms with E-state index in [-0.39, 0.29) is 18.1 Å². The molecule has 0 saturated heterocycles. The predicted molar refractivity (Wildman–Crippen MR) is 133 cm³/mol. The number of thioether (sulfide) groups is 1. The third-order valence-electron chi connectivity index (χ3n) is 5.03. The van der Waals surface area contributed by atoms with Crippen LogP contribution in [0, 0.1) is 13.8 Å². The van der Waals surface area contributed by atoms with E-state index in [4.69, 9.17) is 4.74 Å². The Morgan fingerprint density at radius 3 is 2.76 bits per heavy atom. The van der Waals surface area contributed by atoms with Gasteiger partial charge in [0.25, 0.3) is 11.5 Å². The van der Waals surface area contributed by atoms with E-state index in [2.05, 4.69) is 15.4 Å². The van der Waals surface area contributed by atoms with Crippen molar-refractivity contribution in [2.24, 2.45) is 0 Å². The Morgan fingerprint density at radius 2 is 1.97 bits per heavy atom. The average Bonchev–Trinajstić information content (AvgIpc) is 3.23. The van der Waals surface area contributed by atoms with E-state index in [1.807, 2.05) is 63.2 Å². The molecule has 0 radical (unpaired) electrons. The van der Waals surface area contributed by atoms with Crippen LogP contribution < -0.4 is 15.6 Å². The van der Waals surface area contributed by atoms with Gasteiger partial charge in [-0.05, 0) is 55.7 Å². The van der Waals surface area contributed by atoms with Crippen LogP contribution in [0.5, 0.6) is 5.75 Å². The fourth-order valence-corrected chi connectivity index (χ4v) is 4.86. The van der Waals surface area contributed by atoms with Crippen LogP contribution in [0.1, 0.15) is 28.8 Å². The Balaban J connectivity index is 1.41. The molecule has 2 aromatic carbocycles. The molecular formula is C24H24N4O3S2. The molecule has 0 aliphatic rings. The summed E-state index contributed by atoms with van der Waals surface area (Å²) in [4.78, 5) is 30.9. The van der Waals surface area contributed by atoms with Gasteiger partial charge in [0.15, 0.2) is 6.61 Å². The van der Waals surface area contributed by atoms with Crippen molar-refractivity contribution in [3.8, 4) is 5.75 Å². The number of aryl methyl sites for hydroxylation is 3. The highest BCUT2D eigenvalue weighted by molar-refractivity contribution is 7.98. The average molecular weight is 481 g/mol. The first-order valence-electron chi connectivity index (χ1n) is 10.5. The summed E-state index contributed by atoms with van der Waals surface area (Å²) in [6.45, 7) is 5.96. The number of hydrogen-bond acceptors (Lipinski definition) is 7. The maximum Gasteiger partial charge on any atom is 0.275 e. The molecule has 1 N–H and O–H groups in total. The maximum absolute atomic E-state index is 12.5. The largest absolute Gasteiger partial charge is 0.484 e. The normalized spacial score (nSPS) is 11.0. The Hall–Kier alpha value is -3.17. The first-order valence-corrected chi connectivity index (χ1v) is 12.3. The summed E-state index contributed by atoms with van der Waals surface area (Å²) in [5.74, 6) is 0.922. The van der Waals surface area contributed by atoms with Crippen molar-refractivity contribution in [3.05, 3.63) is 80.7 Å². The van der Waals surface area contributed by atoms with E-state index < -0.39 is 0 Å². The lowest BCUT2D eigenvalue weighted by Crippen LogP contribution is -2.20. The van der Waals surface area contributed by atoms with E-state index in [0.29, 0.717) is 27.8 Å². The summed E-state index contributed by atoms with van der Waals surface area (Å²) in [6.07, 6.45) is 0.762. The minimum Gasteiger partial charge on any atom is -0.484 e. The van der Waals surface area contributed by atoms with Crippen LogP contribution in [0.15, 0.2) is 58.2 Å². The monoisotopic (exact) mass is 480 g/mol. The van der Waals surface area contributed by atoms with Gasteiger partial charge in [-0.1, -0.05) is 36.5 Å². The van der Waals surface area contributed by atoms with Crippen molar-refractivity contribution >= 4 is 39.7 Å². The van der Waals surface area contributed by atoms with Crippen LogP contribution >= 0.6 is 23.1 Å². The molecule has 0 atom stereocenters. The van der Waals surface area contributed by atoms with E-state index in [9.17, 15) is 9.59 Å². The van der Waals surface area contributed by atoms with Gasteiger partial charge in [-0.15, -0.1) is 11.8 Å². The van der Waals surface area contributed by atoms with Gasteiger partial charge in [0.2, 0.25) is 4.96 Å². The maximum atomic E-state index is 12.5. The van der Waals surface area contributed by atoms with Crippen molar-refractivity contribution in [1.82, 2.24) is 14.6 Å². The van der Waals surface area contributed by atoms with E-state index in [0.717, 1.165) is 21.9 Å². The number of anilines is 1. The molecule has 0 spiro atoms. The first-order chi connectivity index (χ1) is 15.9. The van der Waals surface area contributed by atoms with Gasteiger partial charge in [0.1, 0.15) is 10.8 Å². The molecule has 9 heteroatoms.